The topological polar surface area (TPSA) is 130 Å². The summed E-state index contributed by atoms with van der Waals surface area (Å²) in [7, 11) is 0. The third kappa shape index (κ3) is 1.80. The van der Waals surface area contributed by atoms with Crippen LogP contribution in [0.1, 0.15) is 25.8 Å². The molecule has 20 heavy (non-hydrogen) atoms. The number of hydrogen-bond donors (Lipinski definition) is 4. The van der Waals surface area contributed by atoms with Gasteiger partial charge in [0, 0.05) is 11.5 Å². The molecule has 0 aliphatic heterocycles. The van der Waals surface area contributed by atoms with Gasteiger partial charge >= 0.3 is 0 Å². The number of anilines is 1. The van der Waals surface area contributed by atoms with E-state index in [0.29, 0.717) is 18.5 Å². The first-order valence-corrected chi connectivity index (χ1v) is 6.46. The highest BCUT2D eigenvalue weighted by atomic mass is 16.3. The molecule has 2 aromatic heterocycles. The number of hydrogen-bond acceptors (Lipinski definition) is 6. The fourth-order valence-electron chi connectivity index (χ4n) is 2.89. The second-order valence-electron chi connectivity index (χ2n) is 5.70. The van der Waals surface area contributed by atoms with E-state index in [2.05, 4.69) is 15.0 Å². The van der Waals surface area contributed by atoms with Crippen molar-refractivity contribution in [2.24, 2.45) is 5.41 Å². The number of nitrogens with two attached hydrogens (primary N) is 1. The maximum Gasteiger partial charge on any atom is 0.280 e. The van der Waals surface area contributed by atoms with Gasteiger partial charge in [-0.05, 0) is 12.8 Å². The number of aliphatic hydroxyl groups excluding tert-OH is 2. The lowest BCUT2D eigenvalue weighted by molar-refractivity contribution is 0.0201. The van der Waals surface area contributed by atoms with Gasteiger partial charge in [0.2, 0.25) is 5.95 Å². The number of aliphatic hydroxyl groups is 2. The van der Waals surface area contributed by atoms with Crippen LogP contribution in [0.2, 0.25) is 0 Å². The largest absolute Gasteiger partial charge is 0.396 e. The molecule has 1 saturated carbocycles. The van der Waals surface area contributed by atoms with Crippen LogP contribution in [0.15, 0.2) is 11.1 Å². The number of rotatable bonds is 2. The van der Waals surface area contributed by atoms with Crippen molar-refractivity contribution in [3.63, 3.8) is 0 Å². The van der Waals surface area contributed by atoms with Gasteiger partial charge in [-0.25, -0.2) is 4.98 Å². The summed E-state index contributed by atoms with van der Waals surface area (Å²) in [5, 5.41) is 19.5. The van der Waals surface area contributed by atoms with E-state index in [9.17, 15) is 15.0 Å². The molecule has 0 unspecified atom stereocenters. The van der Waals surface area contributed by atoms with Gasteiger partial charge in [0.25, 0.3) is 5.56 Å². The summed E-state index contributed by atoms with van der Waals surface area (Å²) in [5.41, 5.74) is 5.27. The quantitative estimate of drug-likeness (QED) is 0.580. The highest BCUT2D eigenvalue weighted by molar-refractivity contribution is 5.70. The standard InChI is InChI=1S/C12H17N5O3/c1-12(4-18)3-6(2-7(12)19)17-5-14-8-9(17)15-11(13)16-10(8)20/h5-7,18-19H,2-4H2,1H3,(H3,13,15,16,20)/t6-,7-,12+/m0/s1. The number of imidazole rings is 1. The van der Waals surface area contributed by atoms with Crippen LogP contribution < -0.4 is 11.3 Å². The van der Waals surface area contributed by atoms with Gasteiger partial charge in [0.1, 0.15) is 0 Å². The van der Waals surface area contributed by atoms with E-state index in [1.165, 1.54) is 6.33 Å². The van der Waals surface area contributed by atoms with Crippen molar-refractivity contribution in [1.82, 2.24) is 19.5 Å². The zero-order valence-electron chi connectivity index (χ0n) is 11.1. The Morgan fingerprint density at radius 1 is 1.65 bits per heavy atom. The SMILES string of the molecule is C[C@]1(CO)C[C@@H](n2cnc3c(=O)[nH]c(N)nc32)C[C@@H]1O. The Morgan fingerprint density at radius 3 is 3.05 bits per heavy atom. The molecule has 3 rings (SSSR count). The minimum absolute atomic E-state index is 0.0349. The molecule has 2 heterocycles. The van der Waals surface area contributed by atoms with Crippen molar-refractivity contribution in [3.05, 3.63) is 16.7 Å². The summed E-state index contributed by atoms with van der Waals surface area (Å²) in [6.45, 7) is 1.75. The summed E-state index contributed by atoms with van der Waals surface area (Å²) < 4.78 is 1.76. The zero-order valence-corrected chi connectivity index (χ0v) is 11.1. The van der Waals surface area contributed by atoms with Crippen LogP contribution in [0.5, 0.6) is 0 Å². The summed E-state index contributed by atoms with van der Waals surface area (Å²) in [6.07, 6.45) is 2.00. The van der Waals surface area contributed by atoms with Crippen LogP contribution in [0.25, 0.3) is 11.2 Å². The monoisotopic (exact) mass is 279 g/mol. The van der Waals surface area contributed by atoms with Gasteiger partial charge in [-0.1, -0.05) is 6.92 Å². The van der Waals surface area contributed by atoms with E-state index >= 15 is 0 Å². The van der Waals surface area contributed by atoms with E-state index in [-0.39, 0.29) is 29.7 Å². The Balaban J connectivity index is 2.06. The van der Waals surface area contributed by atoms with E-state index in [4.69, 9.17) is 5.73 Å². The first kappa shape index (κ1) is 13.1. The molecule has 0 amide bonds. The van der Waals surface area contributed by atoms with Gasteiger partial charge in [-0.15, -0.1) is 0 Å². The van der Waals surface area contributed by atoms with E-state index < -0.39 is 11.5 Å². The summed E-state index contributed by atoms with van der Waals surface area (Å²) >= 11 is 0. The lowest BCUT2D eigenvalue weighted by Crippen LogP contribution is -2.30. The molecular formula is C12H17N5O3. The lowest BCUT2D eigenvalue weighted by atomic mass is 9.87. The first-order valence-electron chi connectivity index (χ1n) is 6.46. The van der Waals surface area contributed by atoms with Crippen LogP contribution in [-0.4, -0.2) is 42.4 Å². The van der Waals surface area contributed by atoms with Gasteiger partial charge in [0.15, 0.2) is 11.2 Å². The van der Waals surface area contributed by atoms with Crippen molar-refractivity contribution in [2.45, 2.75) is 31.9 Å². The highest BCUT2D eigenvalue weighted by Crippen LogP contribution is 2.44. The molecule has 0 spiro atoms. The van der Waals surface area contributed by atoms with E-state index in [1.807, 2.05) is 6.92 Å². The molecule has 8 nitrogen and oxygen atoms in total. The number of nitrogen functional groups attached to an aromatic ring is 1. The minimum Gasteiger partial charge on any atom is -0.396 e. The van der Waals surface area contributed by atoms with Crippen LogP contribution in [0.3, 0.4) is 0 Å². The molecule has 8 heteroatoms. The van der Waals surface area contributed by atoms with Crippen molar-refractivity contribution in [3.8, 4) is 0 Å². The molecule has 5 N–H and O–H groups in total. The Hall–Kier alpha value is -1.93. The normalized spacial score (nSPS) is 30.1. The third-order valence-corrected chi connectivity index (χ3v) is 4.21. The average Bonchev–Trinajstić information content (AvgIpc) is 2.92. The molecule has 0 aromatic carbocycles. The molecule has 1 aliphatic carbocycles. The maximum atomic E-state index is 11.7. The van der Waals surface area contributed by atoms with Crippen LogP contribution in [0.4, 0.5) is 5.95 Å². The predicted octanol–water partition coefficient (Wildman–Crippen LogP) is -0.604. The molecule has 0 radical (unpaired) electrons. The van der Waals surface area contributed by atoms with Crippen LogP contribution >= 0.6 is 0 Å². The van der Waals surface area contributed by atoms with Crippen molar-refractivity contribution in [2.75, 3.05) is 12.3 Å². The predicted molar refractivity (Wildman–Crippen MR) is 72.0 cm³/mol. The summed E-state index contributed by atoms with van der Waals surface area (Å²) in [6, 6.07) is -0.0687. The zero-order chi connectivity index (χ0) is 14.5. The molecule has 0 bridgehead atoms. The Labute approximate surface area is 114 Å². The summed E-state index contributed by atoms with van der Waals surface area (Å²) in [5.74, 6) is 0.0349. The van der Waals surface area contributed by atoms with Gasteiger partial charge in [-0.3, -0.25) is 9.78 Å². The molecular weight excluding hydrogens is 262 g/mol. The Bertz CT molecular complexity index is 709. The van der Waals surface area contributed by atoms with Gasteiger partial charge in [0.05, 0.1) is 19.0 Å². The Morgan fingerprint density at radius 2 is 2.40 bits per heavy atom. The average molecular weight is 279 g/mol. The first-order chi connectivity index (χ1) is 9.44. The number of fused-ring (bicyclic) bond motifs is 1. The van der Waals surface area contributed by atoms with Gasteiger partial charge in [-0.2, -0.15) is 4.98 Å². The van der Waals surface area contributed by atoms with E-state index in [1.54, 1.807) is 4.57 Å². The van der Waals surface area contributed by atoms with Crippen molar-refractivity contribution >= 4 is 17.1 Å². The molecule has 108 valence electrons. The number of nitrogens with zero attached hydrogens (tertiary/aromatic N) is 3. The number of aromatic nitrogens is 4. The highest BCUT2D eigenvalue weighted by Gasteiger charge is 2.43. The minimum atomic E-state index is -0.603. The fourth-order valence-corrected chi connectivity index (χ4v) is 2.89. The molecule has 3 atom stereocenters. The van der Waals surface area contributed by atoms with E-state index in [0.717, 1.165) is 0 Å². The molecule has 0 saturated heterocycles. The van der Waals surface area contributed by atoms with Crippen molar-refractivity contribution in [1.29, 1.82) is 0 Å². The number of aromatic amines is 1. The molecule has 1 fully saturated rings. The second-order valence-corrected chi connectivity index (χ2v) is 5.70. The number of H-pyrrole nitrogens is 1. The lowest BCUT2D eigenvalue weighted by Gasteiger charge is -2.24. The number of nitrogens with one attached hydrogen (secondary N) is 1. The Kier molecular flexibility index (Phi) is 2.80. The summed E-state index contributed by atoms with van der Waals surface area (Å²) in [4.78, 5) is 22.3. The fraction of sp³-hybridized carbons (Fsp3) is 0.583. The smallest absolute Gasteiger partial charge is 0.280 e. The van der Waals surface area contributed by atoms with Crippen molar-refractivity contribution < 1.29 is 10.2 Å². The third-order valence-electron chi connectivity index (χ3n) is 4.21. The maximum absolute atomic E-state index is 11.7. The molecule has 1 aliphatic rings. The molecule has 2 aromatic rings. The second kappa shape index (κ2) is 4.29. The van der Waals surface area contributed by atoms with Crippen LogP contribution in [-0.2, 0) is 0 Å². The van der Waals surface area contributed by atoms with Crippen LogP contribution in [0, 0.1) is 5.41 Å². The van der Waals surface area contributed by atoms with Gasteiger partial charge < -0.3 is 20.5 Å².